The lowest BCUT2D eigenvalue weighted by Crippen LogP contribution is -2.31. The van der Waals surface area contributed by atoms with Crippen molar-refractivity contribution in [3.8, 4) is 0 Å². The number of nitrogens with one attached hydrogen (secondary N) is 2. The number of sulfone groups is 1. The minimum absolute atomic E-state index is 0.181. The topological polar surface area (TPSA) is 144 Å². The van der Waals surface area contributed by atoms with Crippen LogP contribution in [0.3, 0.4) is 0 Å². The molecule has 0 spiro atoms. The number of hydrazone groups is 1. The van der Waals surface area contributed by atoms with Crippen LogP contribution in [0.15, 0.2) is 70.2 Å². The van der Waals surface area contributed by atoms with Gasteiger partial charge in [0.15, 0.2) is 15.2 Å². The lowest BCUT2D eigenvalue weighted by molar-refractivity contribution is 0.470. The van der Waals surface area contributed by atoms with Crippen LogP contribution in [0.5, 0.6) is 0 Å². The fraction of sp³-hybridized carbons (Fsp3) is 0.211. The molecule has 0 radical (unpaired) electrons. The van der Waals surface area contributed by atoms with E-state index in [0.29, 0.717) is 11.4 Å². The van der Waals surface area contributed by atoms with Crippen molar-refractivity contribution in [3.63, 3.8) is 0 Å². The van der Waals surface area contributed by atoms with E-state index in [2.05, 4.69) is 25.4 Å². The standard InChI is InChI=1S/C19H19N5O5S2/c25-30(26,19-11-16(20-23-19)14-7-3-1-4-8-14)12-17-21-22-18(29-17)13-31(27,28)24-15-9-5-2-6-10-15/h1-10,19,23-24H,11-13H2. The Balaban J connectivity index is 1.38. The second-order valence-electron chi connectivity index (χ2n) is 6.87. The minimum Gasteiger partial charge on any atom is -0.423 e. The van der Waals surface area contributed by atoms with E-state index in [0.717, 1.165) is 5.56 Å². The molecule has 1 aliphatic heterocycles. The van der Waals surface area contributed by atoms with Crippen molar-refractivity contribution >= 4 is 31.3 Å². The van der Waals surface area contributed by atoms with E-state index in [4.69, 9.17) is 4.42 Å². The van der Waals surface area contributed by atoms with Gasteiger partial charge in [-0.25, -0.2) is 16.8 Å². The third-order valence-electron chi connectivity index (χ3n) is 4.46. The van der Waals surface area contributed by atoms with Gasteiger partial charge in [0.1, 0.15) is 11.5 Å². The first kappa shape index (κ1) is 21.0. The number of hydrogen-bond donors (Lipinski definition) is 2. The summed E-state index contributed by atoms with van der Waals surface area (Å²) in [6.45, 7) is 0. The number of benzene rings is 2. The van der Waals surface area contributed by atoms with Gasteiger partial charge in [-0.05, 0) is 17.7 Å². The van der Waals surface area contributed by atoms with Crippen LogP contribution in [0.4, 0.5) is 5.69 Å². The van der Waals surface area contributed by atoms with Gasteiger partial charge >= 0.3 is 0 Å². The SMILES string of the molecule is O=S(=O)(Cc1nnc(CS(=O)(=O)C2CC(c3ccccc3)=NN2)o1)Nc1ccccc1. The minimum atomic E-state index is -3.80. The highest BCUT2D eigenvalue weighted by molar-refractivity contribution is 7.92. The molecular formula is C19H19N5O5S2. The first-order valence-corrected chi connectivity index (χ1v) is 12.6. The molecule has 0 saturated carbocycles. The first-order valence-electron chi connectivity index (χ1n) is 9.27. The Morgan fingerprint density at radius 3 is 2.19 bits per heavy atom. The summed E-state index contributed by atoms with van der Waals surface area (Å²) in [4.78, 5) is 0. The molecule has 0 aliphatic carbocycles. The normalized spacial score (nSPS) is 16.5. The highest BCUT2D eigenvalue weighted by atomic mass is 32.2. The number of para-hydroxylation sites is 1. The molecule has 0 fully saturated rings. The molecule has 3 aromatic rings. The lowest BCUT2D eigenvalue weighted by atomic mass is 10.1. The van der Waals surface area contributed by atoms with Crippen LogP contribution in [-0.4, -0.2) is 38.1 Å². The first-order chi connectivity index (χ1) is 14.8. The molecule has 0 amide bonds. The summed E-state index contributed by atoms with van der Waals surface area (Å²) < 4.78 is 57.6. The van der Waals surface area contributed by atoms with Gasteiger partial charge in [-0.1, -0.05) is 48.5 Å². The summed E-state index contributed by atoms with van der Waals surface area (Å²) in [6, 6.07) is 17.6. The fourth-order valence-electron chi connectivity index (χ4n) is 3.00. The molecule has 12 heteroatoms. The quantitative estimate of drug-likeness (QED) is 0.515. The van der Waals surface area contributed by atoms with Crippen molar-refractivity contribution in [1.29, 1.82) is 0 Å². The van der Waals surface area contributed by atoms with Crippen LogP contribution in [0.25, 0.3) is 0 Å². The van der Waals surface area contributed by atoms with Gasteiger partial charge in [-0.15, -0.1) is 10.2 Å². The Bertz CT molecular complexity index is 1290. The van der Waals surface area contributed by atoms with Gasteiger partial charge in [0.25, 0.3) is 0 Å². The Kier molecular flexibility index (Phi) is 5.74. The molecule has 162 valence electrons. The molecule has 4 rings (SSSR count). The highest BCUT2D eigenvalue weighted by Crippen LogP contribution is 2.19. The predicted octanol–water partition coefficient (Wildman–Crippen LogP) is 1.65. The number of sulfonamides is 1. The van der Waals surface area contributed by atoms with Crippen molar-refractivity contribution in [2.24, 2.45) is 5.10 Å². The smallest absolute Gasteiger partial charge is 0.241 e. The van der Waals surface area contributed by atoms with Gasteiger partial charge in [-0.3, -0.25) is 10.1 Å². The molecule has 2 N–H and O–H groups in total. The number of hydrogen-bond acceptors (Lipinski definition) is 9. The van der Waals surface area contributed by atoms with Crippen molar-refractivity contribution in [1.82, 2.24) is 15.6 Å². The van der Waals surface area contributed by atoms with Crippen LogP contribution in [0, 0.1) is 0 Å². The summed E-state index contributed by atoms with van der Waals surface area (Å²) in [6.07, 6.45) is 0.197. The number of aromatic nitrogens is 2. The van der Waals surface area contributed by atoms with Crippen LogP contribution in [0.2, 0.25) is 0 Å². The lowest BCUT2D eigenvalue weighted by Gasteiger charge is -2.09. The molecule has 2 heterocycles. The zero-order chi connectivity index (χ0) is 21.9. The van der Waals surface area contributed by atoms with E-state index in [1.165, 1.54) is 0 Å². The molecule has 1 unspecified atom stereocenters. The fourth-order valence-corrected chi connectivity index (χ4v) is 5.30. The Morgan fingerprint density at radius 1 is 0.903 bits per heavy atom. The number of rotatable bonds is 8. The Morgan fingerprint density at radius 2 is 1.52 bits per heavy atom. The van der Waals surface area contributed by atoms with E-state index < -0.39 is 36.7 Å². The summed E-state index contributed by atoms with van der Waals surface area (Å²) in [5.74, 6) is -1.48. The Labute approximate surface area is 179 Å². The third kappa shape index (κ3) is 5.27. The van der Waals surface area contributed by atoms with E-state index in [9.17, 15) is 16.8 Å². The van der Waals surface area contributed by atoms with Gasteiger partial charge in [0, 0.05) is 12.1 Å². The van der Waals surface area contributed by atoms with Crippen molar-refractivity contribution in [2.45, 2.75) is 23.3 Å². The van der Waals surface area contributed by atoms with E-state index in [1.54, 1.807) is 30.3 Å². The summed E-state index contributed by atoms with van der Waals surface area (Å²) in [7, 11) is -7.52. The van der Waals surface area contributed by atoms with Gasteiger partial charge in [0.2, 0.25) is 21.8 Å². The summed E-state index contributed by atoms with van der Waals surface area (Å²) >= 11 is 0. The molecular weight excluding hydrogens is 442 g/mol. The third-order valence-corrected chi connectivity index (χ3v) is 7.42. The predicted molar refractivity (Wildman–Crippen MR) is 114 cm³/mol. The van der Waals surface area contributed by atoms with E-state index in [1.807, 2.05) is 30.3 Å². The maximum atomic E-state index is 12.7. The van der Waals surface area contributed by atoms with Crippen LogP contribution in [0.1, 0.15) is 23.8 Å². The van der Waals surface area contributed by atoms with Crippen molar-refractivity contribution in [3.05, 3.63) is 78.0 Å². The van der Waals surface area contributed by atoms with E-state index in [-0.39, 0.29) is 18.2 Å². The van der Waals surface area contributed by atoms with Gasteiger partial charge in [0.05, 0.1) is 5.71 Å². The highest BCUT2D eigenvalue weighted by Gasteiger charge is 2.33. The number of nitrogens with zero attached hydrogens (tertiary/aromatic N) is 3. The van der Waals surface area contributed by atoms with Crippen molar-refractivity contribution in [2.75, 3.05) is 4.72 Å². The van der Waals surface area contributed by atoms with Gasteiger partial charge in [-0.2, -0.15) is 5.10 Å². The summed E-state index contributed by atoms with van der Waals surface area (Å²) in [5, 5.41) is 10.5. The monoisotopic (exact) mass is 461 g/mol. The molecule has 1 atom stereocenters. The molecule has 31 heavy (non-hydrogen) atoms. The summed E-state index contributed by atoms with van der Waals surface area (Å²) in [5.41, 5.74) is 4.51. The molecule has 2 aromatic carbocycles. The molecule has 1 aliphatic rings. The maximum Gasteiger partial charge on any atom is 0.241 e. The van der Waals surface area contributed by atoms with Gasteiger partial charge < -0.3 is 4.42 Å². The van der Waals surface area contributed by atoms with Crippen LogP contribution in [-0.2, 0) is 31.4 Å². The zero-order valence-electron chi connectivity index (χ0n) is 16.2. The van der Waals surface area contributed by atoms with Crippen LogP contribution < -0.4 is 10.1 Å². The largest absolute Gasteiger partial charge is 0.423 e. The average Bonchev–Trinajstić information content (AvgIpc) is 3.39. The van der Waals surface area contributed by atoms with E-state index >= 15 is 0 Å². The second-order valence-corrected chi connectivity index (χ2v) is 10.8. The Hall–Kier alpha value is -3.25. The second kappa shape index (κ2) is 8.47. The molecule has 1 aromatic heterocycles. The maximum absolute atomic E-state index is 12.7. The number of anilines is 1. The average molecular weight is 462 g/mol. The zero-order valence-corrected chi connectivity index (χ0v) is 17.8. The molecule has 10 nitrogen and oxygen atoms in total. The van der Waals surface area contributed by atoms with Crippen molar-refractivity contribution < 1.29 is 21.3 Å². The molecule has 0 bridgehead atoms. The molecule has 0 saturated heterocycles. The van der Waals surface area contributed by atoms with Crippen LogP contribution >= 0.6 is 0 Å².